The van der Waals surface area contributed by atoms with Gasteiger partial charge in [0.05, 0.1) is 12.2 Å². The zero-order valence-corrected chi connectivity index (χ0v) is 14.3. The van der Waals surface area contributed by atoms with Crippen LogP contribution in [0.15, 0.2) is 28.7 Å². The number of hydrogen-bond donors (Lipinski definition) is 1. The van der Waals surface area contributed by atoms with Crippen LogP contribution >= 0.6 is 15.9 Å². The highest BCUT2D eigenvalue weighted by Crippen LogP contribution is 2.47. The molecule has 0 radical (unpaired) electrons. The van der Waals surface area contributed by atoms with Crippen LogP contribution in [0.25, 0.3) is 0 Å². The molecule has 4 rings (SSSR count). The number of nitrogens with two attached hydrogens (primary N) is 1. The van der Waals surface area contributed by atoms with Crippen LogP contribution in [-0.2, 0) is 15.1 Å². The van der Waals surface area contributed by atoms with Crippen LogP contribution in [0.5, 0.6) is 0 Å². The molecule has 1 amide bonds. The van der Waals surface area contributed by atoms with Crippen LogP contribution in [-0.4, -0.2) is 36.1 Å². The Kier molecular flexibility index (Phi) is 3.36. The van der Waals surface area contributed by atoms with E-state index in [1.807, 2.05) is 36.1 Å². The standard InChI is InChI=1S/C17H21BrN2O2/c1-17(19,10-2-4-11(18)5-3-10)16(21)20-8-12-13(9-20)15-7-6-14(12)22-15/h2-5,12-15H,6-9,19H2,1H3. The fraction of sp³-hybridized carbons (Fsp3) is 0.588. The van der Waals surface area contributed by atoms with Crippen molar-refractivity contribution in [1.29, 1.82) is 0 Å². The van der Waals surface area contributed by atoms with Gasteiger partial charge in [0, 0.05) is 29.4 Å². The van der Waals surface area contributed by atoms with E-state index in [4.69, 9.17) is 10.5 Å². The lowest BCUT2D eigenvalue weighted by Crippen LogP contribution is -2.50. The van der Waals surface area contributed by atoms with Crippen molar-refractivity contribution in [2.75, 3.05) is 13.1 Å². The maximum absolute atomic E-state index is 13.0. The van der Waals surface area contributed by atoms with Crippen molar-refractivity contribution in [3.8, 4) is 0 Å². The fourth-order valence-electron chi connectivity index (χ4n) is 4.37. The van der Waals surface area contributed by atoms with Gasteiger partial charge in [-0.15, -0.1) is 0 Å². The molecule has 5 atom stereocenters. The number of hydrogen-bond acceptors (Lipinski definition) is 3. The SMILES string of the molecule is CC(N)(C(=O)N1CC2C3CCC(O3)C2C1)c1ccc(Br)cc1. The number of amides is 1. The molecular weight excluding hydrogens is 344 g/mol. The van der Waals surface area contributed by atoms with Crippen molar-refractivity contribution in [2.24, 2.45) is 17.6 Å². The summed E-state index contributed by atoms with van der Waals surface area (Å²) in [5.74, 6) is 1.07. The summed E-state index contributed by atoms with van der Waals surface area (Å²) in [7, 11) is 0. The molecule has 0 spiro atoms. The summed E-state index contributed by atoms with van der Waals surface area (Å²) in [5.41, 5.74) is 6.29. The summed E-state index contributed by atoms with van der Waals surface area (Å²) in [6, 6.07) is 7.71. The molecule has 1 aromatic rings. The summed E-state index contributed by atoms with van der Waals surface area (Å²) < 4.78 is 6.97. The van der Waals surface area contributed by atoms with Gasteiger partial charge in [-0.3, -0.25) is 4.79 Å². The van der Waals surface area contributed by atoms with Gasteiger partial charge in [0.15, 0.2) is 0 Å². The molecule has 3 fully saturated rings. The van der Waals surface area contributed by atoms with Crippen molar-refractivity contribution in [1.82, 2.24) is 4.90 Å². The van der Waals surface area contributed by atoms with E-state index >= 15 is 0 Å². The summed E-state index contributed by atoms with van der Waals surface area (Å²) in [4.78, 5) is 14.9. The third kappa shape index (κ3) is 2.14. The number of fused-ring (bicyclic) bond motifs is 5. The number of ether oxygens (including phenoxy) is 1. The van der Waals surface area contributed by atoms with E-state index in [9.17, 15) is 4.79 Å². The van der Waals surface area contributed by atoms with Gasteiger partial charge >= 0.3 is 0 Å². The molecule has 118 valence electrons. The maximum atomic E-state index is 13.0. The van der Waals surface area contributed by atoms with E-state index in [1.54, 1.807) is 0 Å². The number of carbonyl (C=O) groups excluding carboxylic acids is 1. The topological polar surface area (TPSA) is 55.6 Å². The van der Waals surface area contributed by atoms with Crippen LogP contribution in [0.1, 0.15) is 25.3 Å². The minimum Gasteiger partial charge on any atom is -0.374 e. The Hall–Kier alpha value is -0.910. The van der Waals surface area contributed by atoms with E-state index in [2.05, 4.69) is 15.9 Å². The van der Waals surface area contributed by atoms with Crippen molar-refractivity contribution in [2.45, 2.75) is 37.5 Å². The lowest BCUT2D eigenvalue weighted by molar-refractivity contribution is -0.136. The molecule has 5 unspecified atom stereocenters. The monoisotopic (exact) mass is 364 g/mol. The van der Waals surface area contributed by atoms with Gasteiger partial charge in [-0.1, -0.05) is 28.1 Å². The second kappa shape index (κ2) is 5.05. The first-order chi connectivity index (χ1) is 10.5. The molecule has 2 N–H and O–H groups in total. The smallest absolute Gasteiger partial charge is 0.246 e. The molecule has 4 nitrogen and oxygen atoms in total. The number of likely N-dealkylation sites (tertiary alicyclic amines) is 1. The van der Waals surface area contributed by atoms with Gasteiger partial charge in [-0.25, -0.2) is 0 Å². The van der Waals surface area contributed by atoms with Crippen LogP contribution in [0.4, 0.5) is 0 Å². The van der Waals surface area contributed by atoms with Gasteiger partial charge in [-0.05, 0) is 37.5 Å². The predicted molar refractivity (Wildman–Crippen MR) is 87.1 cm³/mol. The van der Waals surface area contributed by atoms with Gasteiger partial charge in [0.2, 0.25) is 5.91 Å². The second-order valence-corrected chi connectivity index (χ2v) is 7.95. The molecule has 0 aliphatic carbocycles. The highest BCUT2D eigenvalue weighted by atomic mass is 79.9. The lowest BCUT2D eigenvalue weighted by Gasteiger charge is -2.30. The number of nitrogens with zero attached hydrogens (tertiary/aromatic N) is 1. The summed E-state index contributed by atoms with van der Waals surface area (Å²) in [6.07, 6.45) is 3.04. The maximum Gasteiger partial charge on any atom is 0.246 e. The van der Waals surface area contributed by atoms with Gasteiger partial charge in [-0.2, -0.15) is 0 Å². The number of benzene rings is 1. The van der Waals surface area contributed by atoms with Crippen LogP contribution in [0, 0.1) is 11.8 Å². The minimum atomic E-state index is -0.973. The summed E-state index contributed by atoms with van der Waals surface area (Å²) >= 11 is 3.42. The molecule has 0 saturated carbocycles. The molecule has 3 aliphatic heterocycles. The van der Waals surface area contributed by atoms with E-state index < -0.39 is 5.54 Å². The average Bonchev–Trinajstić information content (AvgIpc) is 3.19. The highest BCUT2D eigenvalue weighted by Gasteiger charge is 2.54. The van der Waals surface area contributed by atoms with E-state index in [1.165, 1.54) is 0 Å². The number of halogens is 1. The highest BCUT2D eigenvalue weighted by molar-refractivity contribution is 9.10. The van der Waals surface area contributed by atoms with E-state index in [0.717, 1.165) is 36.0 Å². The van der Waals surface area contributed by atoms with Crippen LogP contribution in [0.2, 0.25) is 0 Å². The van der Waals surface area contributed by atoms with Crippen molar-refractivity contribution in [3.63, 3.8) is 0 Å². The first kappa shape index (κ1) is 14.7. The zero-order chi connectivity index (χ0) is 15.5. The third-order valence-corrected chi connectivity index (χ3v) is 6.16. The number of rotatable bonds is 2. The average molecular weight is 365 g/mol. The summed E-state index contributed by atoms with van der Waals surface area (Å²) in [6.45, 7) is 3.42. The third-order valence-electron chi connectivity index (χ3n) is 5.63. The van der Waals surface area contributed by atoms with Crippen LogP contribution < -0.4 is 5.73 Å². The fourth-order valence-corrected chi connectivity index (χ4v) is 4.64. The zero-order valence-electron chi connectivity index (χ0n) is 12.7. The molecule has 0 aromatic heterocycles. The van der Waals surface area contributed by atoms with Crippen molar-refractivity contribution < 1.29 is 9.53 Å². The van der Waals surface area contributed by atoms with Crippen molar-refractivity contribution in [3.05, 3.63) is 34.3 Å². The van der Waals surface area contributed by atoms with Crippen LogP contribution in [0.3, 0.4) is 0 Å². The molecule has 3 aliphatic rings. The van der Waals surface area contributed by atoms with E-state index in [-0.39, 0.29) is 5.91 Å². The largest absolute Gasteiger partial charge is 0.374 e. The molecule has 22 heavy (non-hydrogen) atoms. The molecular formula is C17H21BrN2O2. The Bertz CT molecular complexity index is 583. The Morgan fingerprint density at radius 2 is 1.77 bits per heavy atom. The van der Waals surface area contributed by atoms with E-state index in [0.29, 0.717) is 24.0 Å². The number of carbonyl (C=O) groups is 1. The Morgan fingerprint density at radius 1 is 1.23 bits per heavy atom. The molecule has 5 heteroatoms. The Labute approximate surface area is 139 Å². The first-order valence-electron chi connectivity index (χ1n) is 7.96. The Morgan fingerprint density at radius 3 is 2.32 bits per heavy atom. The first-order valence-corrected chi connectivity index (χ1v) is 8.76. The van der Waals surface area contributed by atoms with Gasteiger partial charge in [0.1, 0.15) is 5.54 Å². The summed E-state index contributed by atoms with van der Waals surface area (Å²) in [5, 5.41) is 0. The molecule has 1 aromatic carbocycles. The normalized spacial score (nSPS) is 35.5. The Balaban J connectivity index is 1.53. The molecule has 3 heterocycles. The quantitative estimate of drug-likeness (QED) is 0.875. The van der Waals surface area contributed by atoms with Gasteiger partial charge in [0.25, 0.3) is 0 Å². The predicted octanol–water partition coefficient (Wildman–Crippen LogP) is 2.26. The van der Waals surface area contributed by atoms with Gasteiger partial charge < -0.3 is 15.4 Å². The second-order valence-electron chi connectivity index (χ2n) is 7.04. The lowest BCUT2D eigenvalue weighted by atomic mass is 9.82. The molecule has 3 saturated heterocycles. The minimum absolute atomic E-state index is 0.0311. The molecule has 2 bridgehead atoms. The van der Waals surface area contributed by atoms with Crippen molar-refractivity contribution >= 4 is 21.8 Å².